The van der Waals surface area contributed by atoms with Crippen LogP contribution in [0.3, 0.4) is 0 Å². The van der Waals surface area contributed by atoms with Crippen molar-refractivity contribution in [3.8, 4) is 0 Å². The molecular formula is C17H20ClN5O4. The first-order valence-corrected chi connectivity index (χ1v) is 8.74. The smallest absolute Gasteiger partial charge is 0.326 e. The average molecular weight is 394 g/mol. The van der Waals surface area contributed by atoms with Gasteiger partial charge in [0.1, 0.15) is 5.78 Å². The van der Waals surface area contributed by atoms with E-state index in [0.29, 0.717) is 29.3 Å². The van der Waals surface area contributed by atoms with Crippen LogP contribution >= 0.6 is 11.6 Å². The van der Waals surface area contributed by atoms with Crippen LogP contribution in [-0.4, -0.2) is 29.2 Å². The summed E-state index contributed by atoms with van der Waals surface area (Å²) in [6, 6.07) is 6.65. The minimum Gasteiger partial charge on any atom is -0.326 e. The number of nitrogens with zero attached hydrogens (tertiary/aromatic N) is 1. The molecule has 3 amide bonds. The minimum atomic E-state index is -1.03. The number of hydrogen-bond acceptors (Lipinski definition) is 6. The fraction of sp³-hybridized carbons (Fsp3) is 0.353. The molecule has 0 aromatic heterocycles. The molecule has 0 heterocycles. The second-order valence-corrected chi connectivity index (χ2v) is 6.42. The Kier molecular flexibility index (Phi) is 7.44. The number of carbonyl (C=O) groups excluding carboxylic acids is 4. The van der Waals surface area contributed by atoms with Gasteiger partial charge in [-0.3, -0.25) is 24.6 Å². The number of halogens is 1. The summed E-state index contributed by atoms with van der Waals surface area (Å²) in [7, 11) is 0. The third kappa shape index (κ3) is 6.15. The summed E-state index contributed by atoms with van der Waals surface area (Å²) in [4.78, 5) is 46.8. The normalized spacial score (nSPS) is 17.4. The molecule has 1 saturated carbocycles. The number of benzene rings is 1. The van der Waals surface area contributed by atoms with Crippen LogP contribution < -0.4 is 22.0 Å². The minimum absolute atomic E-state index is 0.0349. The second kappa shape index (κ2) is 9.79. The predicted molar refractivity (Wildman–Crippen MR) is 99.6 cm³/mol. The molecule has 144 valence electrons. The van der Waals surface area contributed by atoms with Crippen molar-refractivity contribution in [3.05, 3.63) is 29.3 Å². The number of hydrazine groups is 1. The van der Waals surface area contributed by atoms with Gasteiger partial charge in [-0.15, -0.1) is 0 Å². The van der Waals surface area contributed by atoms with Gasteiger partial charge in [0.15, 0.2) is 0 Å². The molecule has 1 aromatic carbocycles. The lowest BCUT2D eigenvalue weighted by Gasteiger charge is -2.10. The van der Waals surface area contributed by atoms with Crippen molar-refractivity contribution in [3.63, 3.8) is 0 Å². The summed E-state index contributed by atoms with van der Waals surface area (Å²) in [6.07, 6.45) is 1.96. The second-order valence-electron chi connectivity index (χ2n) is 5.98. The number of anilines is 1. The van der Waals surface area contributed by atoms with Crippen LogP contribution in [0.1, 0.15) is 32.1 Å². The number of rotatable bonds is 6. The van der Waals surface area contributed by atoms with Gasteiger partial charge in [-0.2, -0.15) is 5.10 Å². The third-order valence-corrected chi connectivity index (χ3v) is 4.33. The molecule has 1 aliphatic rings. The highest BCUT2D eigenvalue weighted by Crippen LogP contribution is 2.25. The van der Waals surface area contributed by atoms with E-state index in [1.54, 1.807) is 29.7 Å². The van der Waals surface area contributed by atoms with Crippen molar-refractivity contribution in [2.24, 2.45) is 16.9 Å². The Morgan fingerprint density at radius 2 is 1.81 bits per heavy atom. The lowest BCUT2D eigenvalue weighted by molar-refractivity contribution is -0.139. The monoisotopic (exact) mass is 393 g/mol. The Balaban J connectivity index is 1.84. The molecule has 0 aliphatic heterocycles. The lowest BCUT2D eigenvalue weighted by Crippen LogP contribution is -2.41. The molecule has 2 rings (SSSR count). The summed E-state index contributed by atoms with van der Waals surface area (Å²) in [5.41, 5.74) is 4.86. The maximum atomic E-state index is 12.4. The molecule has 9 nitrogen and oxygen atoms in total. The molecule has 0 bridgehead atoms. The number of amides is 3. The Labute approximate surface area is 160 Å². The van der Waals surface area contributed by atoms with E-state index >= 15 is 0 Å². The fourth-order valence-corrected chi connectivity index (χ4v) is 2.84. The molecule has 10 heteroatoms. The lowest BCUT2D eigenvalue weighted by atomic mass is 9.97. The topological polar surface area (TPSA) is 143 Å². The van der Waals surface area contributed by atoms with Crippen LogP contribution in [0.4, 0.5) is 5.69 Å². The van der Waals surface area contributed by atoms with Crippen LogP contribution in [0.15, 0.2) is 29.4 Å². The fourth-order valence-electron chi connectivity index (χ4n) is 2.72. The highest BCUT2D eigenvalue weighted by Gasteiger charge is 2.29. The van der Waals surface area contributed by atoms with Gasteiger partial charge in [-0.25, -0.2) is 11.3 Å². The van der Waals surface area contributed by atoms with Gasteiger partial charge in [0, 0.05) is 29.3 Å². The van der Waals surface area contributed by atoms with Crippen LogP contribution in [-0.2, 0) is 19.2 Å². The van der Waals surface area contributed by atoms with Crippen molar-refractivity contribution in [2.45, 2.75) is 32.1 Å². The quantitative estimate of drug-likeness (QED) is 0.245. The maximum Gasteiger partial charge on any atom is 0.330 e. The molecular weight excluding hydrogens is 374 g/mol. The number of Topliss-reactive ketones (excluding diaryl/α,β-unsaturated/α-hetero) is 1. The molecule has 1 atom stereocenters. The first-order valence-electron chi connectivity index (χ1n) is 8.36. The maximum absolute atomic E-state index is 12.4. The molecule has 0 spiro atoms. The average Bonchev–Trinajstić information content (AvgIpc) is 3.14. The number of hydrazone groups is 1. The molecule has 5 N–H and O–H groups in total. The van der Waals surface area contributed by atoms with Crippen molar-refractivity contribution < 1.29 is 19.2 Å². The molecule has 1 aromatic rings. The number of nitrogens with two attached hydrogens (primary N) is 1. The van der Waals surface area contributed by atoms with E-state index in [-0.39, 0.29) is 24.5 Å². The summed E-state index contributed by atoms with van der Waals surface area (Å²) >= 11 is 5.78. The number of ketones is 1. The molecule has 1 fully saturated rings. The van der Waals surface area contributed by atoms with Crippen LogP contribution in [0.25, 0.3) is 0 Å². The van der Waals surface area contributed by atoms with E-state index in [1.165, 1.54) is 0 Å². The zero-order valence-corrected chi connectivity index (χ0v) is 15.2. The molecule has 1 aliphatic carbocycles. The van der Waals surface area contributed by atoms with E-state index < -0.39 is 17.7 Å². The Bertz CT molecular complexity index is 763. The van der Waals surface area contributed by atoms with Gasteiger partial charge >= 0.3 is 11.8 Å². The van der Waals surface area contributed by atoms with Gasteiger partial charge in [0.25, 0.3) is 0 Å². The van der Waals surface area contributed by atoms with E-state index in [1.807, 2.05) is 0 Å². The number of nitrogens with one attached hydrogen (secondary N) is 3. The zero-order valence-electron chi connectivity index (χ0n) is 14.5. The predicted octanol–water partition coefficient (Wildman–Crippen LogP) is 0.890. The third-order valence-electron chi connectivity index (χ3n) is 4.08. The standard InChI is InChI=1S/C17H20ClN5O4/c18-10-4-6-11(7-5-10)20-15(25)9-8-14(24)12-2-1-3-13(12)22-23-17(27)16(26)21-19/h4-7,12H,1-3,8-9,19H2,(H,20,25)(H,21,26)(H,23,27)/b22-13+. The molecule has 0 radical (unpaired) electrons. The van der Waals surface area contributed by atoms with Gasteiger partial charge in [0.05, 0.1) is 5.92 Å². The van der Waals surface area contributed by atoms with E-state index in [0.717, 1.165) is 6.42 Å². The van der Waals surface area contributed by atoms with Gasteiger partial charge in [-0.1, -0.05) is 11.6 Å². The molecule has 1 unspecified atom stereocenters. The Morgan fingerprint density at radius 3 is 2.48 bits per heavy atom. The van der Waals surface area contributed by atoms with Crippen molar-refractivity contribution in [1.82, 2.24) is 10.9 Å². The van der Waals surface area contributed by atoms with Crippen LogP contribution in [0, 0.1) is 5.92 Å². The summed E-state index contributed by atoms with van der Waals surface area (Å²) < 4.78 is 0. The number of carbonyl (C=O) groups is 4. The first kappa shape index (κ1) is 20.5. The van der Waals surface area contributed by atoms with Gasteiger partial charge in [-0.05, 0) is 43.5 Å². The van der Waals surface area contributed by atoms with E-state index in [2.05, 4.69) is 15.8 Å². The van der Waals surface area contributed by atoms with Gasteiger partial charge in [0.2, 0.25) is 5.91 Å². The highest BCUT2D eigenvalue weighted by molar-refractivity contribution is 6.35. The molecule has 0 saturated heterocycles. The van der Waals surface area contributed by atoms with Crippen molar-refractivity contribution in [2.75, 3.05) is 5.32 Å². The first-order chi connectivity index (χ1) is 12.9. The highest BCUT2D eigenvalue weighted by atomic mass is 35.5. The van der Waals surface area contributed by atoms with E-state index in [4.69, 9.17) is 17.4 Å². The van der Waals surface area contributed by atoms with Crippen molar-refractivity contribution in [1.29, 1.82) is 0 Å². The van der Waals surface area contributed by atoms with Crippen LogP contribution in [0.5, 0.6) is 0 Å². The SMILES string of the molecule is NNC(=O)C(=O)N/N=C1\CCCC1C(=O)CCC(=O)Nc1ccc(Cl)cc1. The summed E-state index contributed by atoms with van der Waals surface area (Å²) in [5, 5.41) is 7.12. The number of hydrogen-bond donors (Lipinski definition) is 4. The Morgan fingerprint density at radius 1 is 1.11 bits per heavy atom. The summed E-state index contributed by atoms with van der Waals surface area (Å²) in [5.74, 6) is 1.94. The molecule has 27 heavy (non-hydrogen) atoms. The Hall–Kier alpha value is -2.78. The summed E-state index contributed by atoms with van der Waals surface area (Å²) in [6.45, 7) is 0. The van der Waals surface area contributed by atoms with Crippen LogP contribution in [0.2, 0.25) is 5.02 Å². The van der Waals surface area contributed by atoms with Crippen molar-refractivity contribution >= 4 is 46.5 Å². The zero-order chi connectivity index (χ0) is 19.8. The largest absolute Gasteiger partial charge is 0.330 e. The van der Waals surface area contributed by atoms with Gasteiger partial charge < -0.3 is 5.32 Å². The van der Waals surface area contributed by atoms with E-state index in [9.17, 15) is 19.2 Å².